The van der Waals surface area contributed by atoms with Crippen molar-refractivity contribution in [1.29, 1.82) is 5.41 Å². The van der Waals surface area contributed by atoms with Crippen LogP contribution in [-0.2, 0) is 10.1 Å². The van der Waals surface area contributed by atoms with Crippen LogP contribution in [0.4, 0.5) is 5.69 Å². The second-order valence-electron chi connectivity index (χ2n) is 7.11. The minimum absolute atomic E-state index is 0. The average Bonchev–Trinajstić information content (AvgIpc) is 2.67. The number of nitrogens with one attached hydrogen (secondary N) is 1. The van der Waals surface area contributed by atoms with Gasteiger partial charge in [0.05, 0.1) is 12.8 Å². The number of rotatable bonds is 5. The van der Waals surface area contributed by atoms with Crippen LogP contribution in [0.3, 0.4) is 0 Å². The summed E-state index contributed by atoms with van der Waals surface area (Å²) < 4.78 is 36.6. The number of likely N-dealkylation sites (tertiary alicyclic amines) is 1. The molecule has 30 heavy (non-hydrogen) atoms. The van der Waals surface area contributed by atoms with Crippen LogP contribution in [0, 0.1) is 12.3 Å². The van der Waals surface area contributed by atoms with Gasteiger partial charge in [-0.15, -0.1) is 12.4 Å². The van der Waals surface area contributed by atoms with Gasteiger partial charge in [-0.1, -0.05) is 18.2 Å². The van der Waals surface area contributed by atoms with Gasteiger partial charge < -0.3 is 25.3 Å². The van der Waals surface area contributed by atoms with E-state index in [1.165, 1.54) is 19.2 Å². The van der Waals surface area contributed by atoms with Gasteiger partial charge in [0.15, 0.2) is 17.5 Å². The van der Waals surface area contributed by atoms with Crippen LogP contribution in [0.2, 0.25) is 0 Å². The first kappa shape index (κ1) is 23.6. The predicted molar refractivity (Wildman–Crippen MR) is 119 cm³/mol. The Balaban J connectivity index is 0.00000320. The highest BCUT2D eigenvalue weighted by Gasteiger charge is 2.28. The second kappa shape index (κ2) is 9.44. The summed E-state index contributed by atoms with van der Waals surface area (Å²) in [4.78, 5) is 1.73. The molecule has 1 saturated heterocycles. The molecule has 0 unspecified atom stereocenters. The number of piperidine rings is 1. The quantitative estimate of drug-likeness (QED) is 0.274. The molecule has 0 saturated carbocycles. The summed E-state index contributed by atoms with van der Waals surface area (Å²) in [6, 6.07) is 9.80. The number of nitrogens with two attached hydrogens (primary N) is 2. The van der Waals surface area contributed by atoms with Crippen molar-refractivity contribution in [1.82, 2.24) is 4.90 Å². The number of ether oxygens (including phenoxy) is 1. The van der Waals surface area contributed by atoms with Crippen LogP contribution in [0.25, 0.3) is 0 Å². The van der Waals surface area contributed by atoms with E-state index in [2.05, 4.69) is 0 Å². The van der Waals surface area contributed by atoms with Crippen molar-refractivity contribution in [3.8, 4) is 11.5 Å². The highest BCUT2D eigenvalue weighted by Crippen LogP contribution is 2.42. The Hall–Kier alpha value is -2.65. The highest BCUT2D eigenvalue weighted by molar-refractivity contribution is 7.87. The standard InChI is InChI=1S/C20H26N4O4S.ClH/c1-13-11-15(14-7-9-24(10-8-14)20(22)23)19(27-2)17(12-13)28-29(25,26)18-6-4-3-5-16(18)21;/h3-6,11-12,14H,7-10,21H2,1-2H3,(H3,22,23);1H. The van der Waals surface area contributed by atoms with Crippen molar-refractivity contribution in [2.75, 3.05) is 25.9 Å². The van der Waals surface area contributed by atoms with E-state index in [4.69, 9.17) is 25.8 Å². The Kier molecular flexibility index (Phi) is 7.44. The lowest BCUT2D eigenvalue weighted by molar-refractivity contribution is 0.301. The first-order valence-corrected chi connectivity index (χ1v) is 10.7. The molecule has 1 aliphatic rings. The number of halogens is 1. The van der Waals surface area contributed by atoms with Crippen LogP contribution in [-0.4, -0.2) is 39.5 Å². The van der Waals surface area contributed by atoms with Crippen molar-refractivity contribution >= 4 is 34.2 Å². The molecule has 1 fully saturated rings. The molecule has 8 nitrogen and oxygen atoms in total. The number of guanidine groups is 1. The van der Waals surface area contributed by atoms with Crippen molar-refractivity contribution < 1.29 is 17.3 Å². The number of benzene rings is 2. The minimum atomic E-state index is -4.12. The summed E-state index contributed by atoms with van der Waals surface area (Å²) >= 11 is 0. The third-order valence-corrected chi connectivity index (χ3v) is 6.40. The fraction of sp³-hybridized carbons (Fsp3) is 0.350. The van der Waals surface area contributed by atoms with Gasteiger partial charge >= 0.3 is 10.1 Å². The molecule has 0 aromatic heterocycles. The number of nitrogens with zero attached hydrogens (tertiary/aromatic N) is 1. The minimum Gasteiger partial charge on any atom is -0.492 e. The third-order valence-electron chi connectivity index (χ3n) is 5.10. The molecule has 10 heteroatoms. The fourth-order valence-electron chi connectivity index (χ4n) is 3.65. The third kappa shape index (κ3) is 4.91. The molecule has 0 bridgehead atoms. The van der Waals surface area contributed by atoms with Crippen LogP contribution in [0.5, 0.6) is 11.5 Å². The molecule has 0 radical (unpaired) electrons. The van der Waals surface area contributed by atoms with E-state index in [9.17, 15) is 8.42 Å². The van der Waals surface area contributed by atoms with Crippen LogP contribution in [0.1, 0.15) is 29.9 Å². The SMILES string of the molecule is COc1c(OS(=O)(=O)c2ccccc2N)cc(C)cc1C1CCN(C(=N)N)CC1.Cl. The van der Waals surface area contributed by atoms with Crippen molar-refractivity contribution in [2.45, 2.75) is 30.6 Å². The van der Waals surface area contributed by atoms with Crippen molar-refractivity contribution in [2.24, 2.45) is 5.73 Å². The number of nitrogen functional groups attached to an aromatic ring is 1. The molecule has 0 aliphatic carbocycles. The molecule has 0 atom stereocenters. The van der Waals surface area contributed by atoms with Gasteiger partial charge in [-0.05, 0) is 49.4 Å². The Morgan fingerprint density at radius 2 is 1.83 bits per heavy atom. The van der Waals surface area contributed by atoms with E-state index in [0.29, 0.717) is 18.8 Å². The van der Waals surface area contributed by atoms with E-state index < -0.39 is 10.1 Å². The molecule has 5 N–H and O–H groups in total. The van der Waals surface area contributed by atoms with Crippen LogP contribution >= 0.6 is 12.4 Å². The first-order chi connectivity index (χ1) is 13.7. The van der Waals surface area contributed by atoms with Gasteiger partial charge in [0, 0.05) is 18.7 Å². The summed E-state index contributed by atoms with van der Waals surface area (Å²) in [5, 5.41) is 7.59. The van der Waals surface area contributed by atoms with Gasteiger partial charge in [-0.25, -0.2) is 0 Å². The molecular formula is C20H27ClN4O4S. The van der Waals surface area contributed by atoms with Gasteiger partial charge in [0.25, 0.3) is 0 Å². The molecule has 164 valence electrons. The summed E-state index contributed by atoms with van der Waals surface area (Å²) in [6.07, 6.45) is 1.55. The maximum atomic E-state index is 12.8. The van der Waals surface area contributed by atoms with Crippen molar-refractivity contribution in [3.05, 3.63) is 47.5 Å². The Labute approximate surface area is 183 Å². The van der Waals surface area contributed by atoms with Crippen LogP contribution in [0.15, 0.2) is 41.3 Å². The average molecular weight is 455 g/mol. The molecule has 1 heterocycles. The van der Waals surface area contributed by atoms with E-state index in [1.54, 1.807) is 18.2 Å². The second-order valence-corrected chi connectivity index (χ2v) is 8.62. The van der Waals surface area contributed by atoms with E-state index in [0.717, 1.165) is 24.0 Å². The fourth-order valence-corrected chi connectivity index (χ4v) is 4.71. The Morgan fingerprint density at radius 1 is 1.20 bits per heavy atom. The summed E-state index contributed by atoms with van der Waals surface area (Å²) in [5.74, 6) is 0.747. The smallest absolute Gasteiger partial charge is 0.341 e. The van der Waals surface area contributed by atoms with Gasteiger partial charge in [0.1, 0.15) is 4.90 Å². The molecule has 0 amide bonds. The maximum absolute atomic E-state index is 12.8. The monoisotopic (exact) mass is 454 g/mol. The molecule has 2 aromatic rings. The first-order valence-electron chi connectivity index (χ1n) is 9.29. The maximum Gasteiger partial charge on any atom is 0.341 e. The number of para-hydroxylation sites is 1. The molecule has 2 aromatic carbocycles. The molecule has 0 spiro atoms. The Morgan fingerprint density at radius 3 is 2.40 bits per heavy atom. The van der Waals surface area contributed by atoms with Crippen molar-refractivity contribution in [3.63, 3.8) is 0 Å². The largest absolute Gasteiger partial charge is 0.492 e. The molecular weight excluding hydrogens is 428 g/mol. The van der Waals surface area contributed by atoms with Gasteiger partial charge in [0.2, 0.25) is 0 Å². The van der Waals surface area contributed by atoms with E-state index in [-0.39, 0.29) is 40.6 Å². The summed E-state index contributed by atoms with van der Waals surface area (Å²) in [5.41, 5.74) is 13.3. The zero-order chi connectivity index (χ0) is 21.2. The van der Waals surface area contributed by atoms with Crippen LogP contribution < -0.4 is 20.4 Å². The lowest BCUT2D eigenvalue weighted by atomic mass is 9.88. The Bertz CT molecular complexity index is 1020. The van der Waals surface area contributed by atoms with Gasteiger partial charge in [-0.2, -0.15) is 8.42 Å². The highest BCUT2D eigenvalue weighted by atomic mass is 35.5. The topological polar surface area (TPSA) is 132 Å². The lowest BCUT2D eigenvalue weighted by Crippen LogP contribution is -2.41. The number of anilines is 1. The normalized spacial score (nSPS) is 14.7. The van der Waals surface area contributed by atoms with E-state index >= 15 is 0 Å². The summed E-state index contributed by atoms with van der Waals surface area (Å²) in [6.45, 7) is 3.20. The molecule has 3 rings (SSSR count). The summed E-state index contributed by atoms with van der Waals surface area (Å²) in [7, 11) is -2.62. The number of hydrogen-bond donors (Lipinski definition) is 3. The predicted octanol–water partition coefficient (Wildman–Crippen LogP) is 2.85. The van der Waals surface area contributed by atoms with E-state index in [1.807, 2.05) is 17.9 Å². The molecule has 1 aliphatic heterocycles. The zero-order valence-electron chi connectivity index (χ0n) is 16.9. The zero-order valence-corrected chi connectivity index (χ0v) is 18.6. The number of aryl methyl sites for hydroxylation is 1. The van der Waals surface area contributed by atoms with Gasteiger partial charge in [-0.3, -0.25) is 5.41 Å². The lowest BCUT2D eigenvalue weighted by Gasteiger charge is -2.33. The number of hydrogen-bond acceptors (Lipinski definition) is 6. The number of methoxy groups -OCH3 is 1.